The van der Waals surface area contributed by atoms with E-state index in [2.05, 4.69) is 8.92 Å². The molecule has 0 N–H and O–H groups in total. The fraction of sp³-hybridized carbons (Fsp3) is 0.800. The predicted octanol–water partition coefficient (Wildman–Crippen LogP) is 0.168. The van der Waals surface area contributed by atoms with E-state index in [9.17, 15) is 26.4 Å². The van der Waals surface area contributed by atoms with Gasteiger partial charge in [-0.2, -0.15) is 21.6 Å². The highest BCUT2D eigenvalue weighted by Crippen LogP contribution is 2.27. The lowest BCUT2D eigenvalue weighted by molar-refractivity contribution is -0.144. The van der Waals surface area contributed by atoms with E-state index in [0.29, 0.717) is 0 Å². The monoisotopic (exact) mass is 234 g/mol. The zero-order chi connectivity index (χ0) is 11.0. The van der Waals surface area contributed by atoms with Gasteiger partial charge in [0.15, 0.2) is 6.10 Å². The average molecular weight is 234 g/mol. The maximum Gasteiger partial charge on any atom is 0.523 e. The van der Waals surface area contributed by atoms with Gasteiger partial charge in [-0.05, 0) is 0 Å². The molecule has 0 saturated carbocycles. The Labute approximate surface area is 76.9 Å². The largest absolute Gasteiger partial charge is 0.523 e. The Morgan fingerprint density at radius 2 is 2.00 bits per heavy atom. The fourth-order valence-electron chi connectivity index (χ4n) is 0.772. The number of ether oxygens (including phenoxy) is 1. The van der Waals surface area contributed by atoms with Crippen LogP contribution >= 0.6 is 0 Å². The van der Waals surface area contributed by atoms with Gasteiger partial charge in [0.1, 0.15) is 0 Å². The molecule has 1 fully saturated rings. The van der Waals surface area contributed by atoms with Crippen LogP contribution in [0.2, 0.25) is 0 Å². The molecule has 0 aromatic rings. The number of carbonyl (C=O) groups is 1. The van der Waals surface area contributed by atoms with E-state index < -0.39 is 27.7 Å². The van der Waals surface area contributed by atoms with Crippen molar-refractivity contribution in [3.63, 3.8) is 0 Å². The van der Waals surface area contributed by atoms with Gasteiger partial charge < -0.3 is 4.74 Å². The molecule has 14 heavy (non-hydrogen) atoms. The van der Waals surface area contributed by atoms with Crippen LogP contribution in [0.3, 0.4) is 0 Å². The van der Waals surface area contributed by atoms with Crippen molar-refractivity contribution in [2.45, 2.75) is 18.0 Å². The highest BCUT2D eigenvalue weighted by Gasteiger charge is 2.50. The molecule has 5 nitrogen and oxygen atoms in total. The third-order valence-corrected chi connectivity index (χ3v) is 2.47. The highest BCUT2D eigenvalue weighted by atomic mass is 32.2. The van der Waals surface area contributed by atoms with Crippen LogP contribution in [0.15, 0.2) is 0 Å². The van der Waals surface area contributed by atoms with Crippen LogP contribution in [0.4, 0.5) is 13.2 Å². The first-order valence-electron chi connectivity index (χ1n) is 3.40. The molecule has 0 aromatic carbocycles. The first kappa shape index (κ1) is 11.2. The van der Waals surface area contributed by atoms with Crippen molar-refractivity contribution in [3.05, 3.63) is 0 Å². The van der Waals surface area contributed by atoms with Crippen molar-refractivity contribution < 1.29 is 35.3 Å². The minimum absolute atomic E-state index is 0.142. The summed E-state index contributed by atoms with van der Waals surface area (Å²) in [5.74, 6) is -1.10. The standard InChI is InChI=1S/C5H5F3O5S/c6-5(7,8)14(10,11)13-3-1-2-12-4(3)9/h3H,1-2H2/t3-/m1/s1. The molecule has 0 unspecified atom stereocenters. The number of hydrogen-bond donors (Lipinski definition) is 0. The van der Waals surface area contributed by atoms with Crippen LogP contribution in [0.25, 0.3) is 0 Å². The lowest BCUT2D eigenvalue weighted by Crippen LogP contribution is -2.32. The quantitative estimate of drug-likeness (QED) is 0.387. The van der Waals surface area contributed by atoms with Gasteiger partial charge in [-0.1, -0.05) is 0 Å². The van der Waals surface area contributed by atoms with Crippen LogP contribution in [0.5, 0.6) is 0 Å². The summed E-state index contributed by atoms with van der Waals surface area (Å²) in [6, 6.07) is 0. The normalized spacial score (nSPS) is 23.6. The predicted molar refractivity (Wildman–Crippen MR) is 35.4 cm³/mol. The molecule has 0 aromatic heterocycles. The zero-order valence-corrected chi connectivity index (χ0v) is 7.39. The van der Waals surface area contributed by atoms with Crippen molar-refractivity contribution in [2.75, 3.05) is 6.61 Å². The second-order valence-electron chi connectivity index (χ2n) is 2.44. The second-order valence-corrected chi connectivity index (χ2v) is 4.00. The SMILES string of the molecule is O=C1OCC[C@H]1OS(=O)(=O)C(F)(F)F. The van der Waals surface area contributed by atoms with Crippen LogP contribution < -0.4 is 0 Å². The van der Waals surface area contributed by atoms with Gasteiger partial charge in [0.05, 0.1) is 6.61 Å². The Morgan fingerprint density at radius 1 is 1.43 bits per heavy atom. The van der Waals surface area contributed by atoms with Crippen LogP contribution in [-0.2, 0) is 23.8 Å². The molecule has 0 spiro atoms. The van der Waals surface area contributed by atoms with Crippen LogP contribution in [-0.4, -0.2) is 32.6 Å². The van der Waals surface area contributed by atoms with Crippen molar-refractivity contribution >= 4 is 16.1 Å². The third-order valence-electron chi connectivity index (χ3n) is 1.41. The fourth-order valence-corrected chi connectivity index (χ4v) is 1.36. The van der Waals surface area contributed by atoms with E-state index >= 15 is 0 Å². The topological polar surface area (TPSA) is 69.7 Å². The van der Waals surface area contributed by atoms with E-state index in [-0.39, 0.29) is 13.0 Å². The van der Waals surface area contributed by atoms with E-state index in [1.165, 1.54) is 0 Å². The number of carbonyl (C=O) groups excluding carboxylic acids is 1. The summed E-state index contributed by atoms with van der Waals surface area (Å²) < 4.78 is 63.9. The number of rotatable bonds is 2. The number of esters is 1. The Hall–Kier alpha value is -0.830. The van der Waals surface area contributed by atoms with Gasteiger partial charge in [-0.25, -0.2) is 8.98 Å². The highest BCUT2D eigenvalue weighted by molar-refractivity contribution is 7.87. The van der Waals surface area contributed by atoms with Crippen LogP contribution in [0.1, 0.15) is 6.42 Å². The summed E-state index contributed by atoms with van der Waals surface area (Å²) >= 11 is 0. The Kier molecular flexibility index (Phi) is 2.72. The Balaban J connectivity index is 2.74. The van der Waals surface area contributed by atoms with E-state index in [0.717, 1.165) is 0 Å². The van der Waals surface area contributed by atoms with E-state index in [1.54, 1.807) is 0 Å². The van der Waals surface area contributed by atoms with Gasteiger partial charge >= 0.3 is 21.6 Å². The lowest BCUT2D eigenvalue weighted by atomic mass is 10.3. The summed E-state index contributed by atoms with van der Waals surface area (Å²) in [5, 5.41) is 0. The van der Waals surface area contributed by atoms with Crippen molar-refractivity contribution in [2.24, 2.45) is 0 Å². The molecule has 1 rings (SSSR count). The molecule has 0 radical (unpaired) electrons. The molecule has 0 amide bonds. The summed E-state index contributed by atoms with van der Waals surface area (Å²) in [6.45, 7) is -0.142. The molecule has 1 aliphatic rings. The zero-order valence-electron chi connectivity index (χ0n) is 6.57. The van der Waals surface area contributed by atoms with Crippen molar-refractivity contribution in [1.29, 1.82) is 0 Å². The van der Waals surface area contributed by atoms with Gasteiger partial charge in [0.25, 0.3) is 0 Å². The lowest BCUT2D eigenvalue weighted by Gasteiger charge is -2.10. The first-order valence-corrected chi connectivity index (χ1v) is 4.81. The smallest absolute Gasteiger partial charge is 0.464 e. The van der Waals surface area contributed by atoms with Gasteiger partial charge in [-0.15, -0.1) is 0 Å². The Morgan fingerprint density at radius 3 is 2.36 bits per heavy atom. The average Bonchev–Trinajstić information content (AvgIpc) is 2.33. The summed E-state index contributed by atoms with van der Waals surface area (Å²) in [6.07, 6.45) is -1.88. The van der Waals surface area contributed by atoms with Crippen molar-refractivity contribution in [1.82, 2.24) is 0 Å². The minimum atomic E-state index is -5.71. The summed E-state index contributed by atoms with van der Waals surface area (Å²) in [4.78, 5) is 10.6. The first-order chi connectivity index (χ1) is 6.24. The van der Waals surface area contributed by atoms with Gasteiger partial charge in [-0.3, -0.25) is 0 Å². The number of alkyl halides is 3. The second kappa shape index (κ2) is 3.39. The third kappa shape index (κ3) is 2.15. The van der Waals surface area contributed by atoms with Gasteiger partial charge in [0, 0.05) is 6.42 Å². The molecule has 1 atom stereocenters. The maximum atomic E-state index is 11.7. The van der Waals surface area contributed by atoms with E-state index in [4.69, 9.17) is 0 Å². The summed E-state index contributed by atoms with van der Waals surface area (Å²) in [5.41, 5.74) is -5.52. The van der Waals surface area contributed by atoms with Crippen LogP contribution in [0, 0.1) is 0 Å². The number of halogens is 3. The minimum Gasteiger partial charge on any atom is -0.464 e. The molecule has 9 heteroatoms. The molecule has 0 bridgehead atoms. The molecule has 1 saturated heterocycles. The Bertz CT molecular complexity index is 332. The maximum absolute atomic E-state index is 11.7. The molecular formula is C5H5F3O5S. The van der Waals surface area contributed by atoms with E-state index in [1.807, 2.05) is 0 Å². The number of cyclic esters (lactones) is 1. The number of hydrogen-bond acceptors (Lipinski definition) is 5. The molecule has 0 aliphatic carbocycles. The molecular weight excluding hydrogens is 229 g/mol. The van der Waals surface area contributed by atoms with Crippen molar-refractivity contribution in [3.8, 4) is 0 Å². The summed E-state index contributed by atoms with van der Waals surface area (Å²) in [7, 11) is -5.71. The molecule has 82 valence electrons. The molecule has 1 heterocycles. The molecule has 1 aliphatic heterocycles. The van der Waals surface area contributed by atoms with Gasteiger partial charge in [0.2, 0.25) is 0 Å².